The van der Waals surface area contributed by atoms with E-state index in [1.807, 2.05) is 31.2 Å². The molecule has 1 aliphatic heterocycles. The van der Waals surface area contributed by atoms with Gasteiger partial charge in [0.15, 0.2) is 5.75 Å². The second-order valence-electron chi connectivity index (χ2n) is 7.61. The minimum atomic E-state index is -0.739. The van der Waals surface area contributed by atoms with E-state index in [0.29, 0.717) is 6.54 Å². The molecule has 0 saturated carbocycles. The number of nitrogens with one attached hydrogen (secondary N) is 1. The lowest BCUT2D eigenvalue weighted by Gasteiger charge is -2.24. The summed E-state index contributed by atoms with van der Waals surface area (Å²) in [6, 6.07) is 9.82. The molecule has 1 fully saturated rings. The first-order chi connectivity index (χ1) is 15.4. The number of fused-ring (bicyclic) bond motifs is 1. The Morgan fingerprint density at radius 2 is 1.88 bits per heavy atom. The zero-order valence-corrected chi connectivity index (χ0v) is 19.1. The number of hydrogen-bond acceptors (Lipinski definition) is 4. The number of ether oxygens (including phenoxy) is 1. The maximum atomic E-state index is 13.1. The summed E-state index contributed by atoms with van der Waals surface area (Å²) in [4.78, 5) is 30.8. The fourth-order valence-corrected chi connectivity index (χ4v) is 4.77. The molecule has 1 aliphatic rings. The van der Waals surface area contributed by atoms with Gasteiger partial charge in [-0.3, -0.25) is 9.59 Å². The third-order valence-electron chi connectivity index (χ3n) is 5.68. The number of aliphatic hydroxyl groups is 1. The van der Waals surface area contributed by atoms with Gasteiger partial charge in [-0.2, -0.15) is 0 Å². The van der Waals surface area contributed by atoms with Crippen LogP contribution in [0.1, 0.15) is 36.9 Å². The van der Waals surface area contributed by atoms with Crippen LogP contribution in [-0.2, 0) is 9.59 Å². The molecule has 0 radical (unpaired) electrons. The molecule has 32 heavy (non-hydrogen) atoms. The molecule has 1 unspecified atom stereocenters. The fraction of sp³-hybridized carbons (Fsp3) is 0.250. The lowest BCUT2D eigenvalue weighted by atomic mass is 9.95. The normalized spacial score (nSPS) is 18.0. The van der Waals surface area contributed by atoms with Crippen LogP contribution in [0, 0.1) is 0 Å². The topological polar surface area (TPSA) is 82.6 Å². The molecule has 0 spiro atoms. The lowest BCUT2D eigenvalue weighted by molar-refractivity contribution is -0.139. The van der Waals surface area contributed by atoms with Crippen molar-refractivity contribution in [2.75, 3.05) is 13.7 Å². The largest absolute Gasteiger partial charge is 0.507 e. The Hall–Kier alpha value is -2.96. The molecule has 2 aromatic carbocycles. The van der Waals surface area contributed by atoms with Crippen LogP contribution in [0.3, 0.4) is 0 Å². The van der Waals surface area contributed by atoms with Gasteiger partial charge in [-0.1, -0.05) is 54.7 Å². The van der Waals surface area contributed by atoms with Gasteiger partial charge < -0.3 is 19.7 Å². The van der Waals surface area contributed by atoms with Crippen LogP contribution in [-0.4, -0.2) is 40.3 Å². The number of unbranched alkanes of at least 4 members (excludes halogenated alkanes) is 1. The summed E-state index contributed by atoms with van der Waals surface area (Å²) < 4.78 is 5.17. The van der Waals surface area contributed by atoms with Gasteiger partial charge in [0.25, 0.3) is 11.7 Å². The van der Waals surface area contributed by atoms with E-state index in [1.54, 1.807) is 6.20 Å². The Morgan fingerprint density at radius 1 is 1.19 bits per heavy atom. The van der Waals surface area contributed by atoms with Gasteiger partial charge in [-0.05, 0) is 24.6 Å². The molecule has 3 aromatic rings. The average Bonchev–Trinajstić information content (AvgIpc) is 3.30. The van der Waals surface area contributed by atoms with Crippen molar-refractivity contribution in [2.45, 2.75) is 25.8 Å². The Bertz CT molecular complexity index is 1220. The molecule has 2 N–H and O–H groups in total. The number of benzene rings is 2. The summed E-state index contributed by atoms with van der Waals surface area (Å²) in [5.41, 5.74) is 1.86. The molecule has 0 bridgehead atoms. The fourth-order valence-electron chi connectivity index (χ4n) is 4.13. The Morgan fingerprint density at radius 3 is 2.53 bits per heavy atom. The van der Waals surface area contributed by atoms with E-state index in [9.17, 15) is 14.7 Å². The monoisotopic (exact) mass is 472 g/mol. The zero-order chi connectivity index (χ0) is 23.0. The minimum Gasteiger partial charge on any atom is -0.507 e. The molecule has 1 amide bonds. The first-order valence-electron chi connectivity index (χ1n) is 10.3. The number of aromatic nitrogens is 1. The number of methoxy groups -OCH3 is 1. The Balaban J connectivity index is 1.94. The third kappa shape index (κ3) is 3.63. The highest BCUT2D eigenvalue weighted by Gasteiger charge is 2.46. The van der Waals surface area contributed by atoms with Crippen LogP contribution >= 0.6 is 23.2 Å². The van der Waals surface area contributed by atoms with Gasteiger partial charge in [-0.15, -0.1) is 0 Å². The van der Waals surface area contributed by atoms with Crippen molar-refractivity contribution < 1.29 is 19.4 Å². The number of ketones is 1. The molecule has 4 rings (SSSR count). The molecular weight excluding hydrogens is 451 g/mol. The number of amides is 1. The maximum absolute atomic E-state index is 13.1. The Labute approximate surface area is 195 Å². The van der Waals surface area contributed by atoms with Gasteiger partial charge in [-0.25, -0.2) is 0 Å². The number of likely N-dealkylation sites (tertiary alicyclic amines) is 1. The number of nitrogens with zero attached hydrogens (tertiary/aromatic N) is 1. The van der Waals surface area contributed by atoms with Gasteiger partial charge in [0.05, 0.1) is 28.8 Å². The standard InChI is InChI=1S/C24H22Cl2N2O4/c1-3-4-9-28-20(15-12-27-18-8-6-5-7-14(15)18)19(22(30)24(28)31)21(29)13-10-16(25)23(32-2)17(26)11-13/h5-8,10-12,20,27,29H,3-4,9H2,1-2H3/b21-19+. The lowest BCUT2D eigenvalue weighted by Crippen LogP contribution is -2.30. The molecule has 1 atom stereocenters. The smallest absolute Gasteiger partial charge is 0.295 e. The van der Waals surface area contributed by atoms with Crippen LogP contribution < -0.4 is 4.74 Å². The summed E-state index contributed by atoms with van der Waals surface area (Å²) in [5.74, 6) is -1.44. The summed E-state index contributed by atoms with van der Waals surface area (Å²) in [5, 5.41) is 12.5. The summed E-state index contributed by atoms with van der Waals surface area (Å²) in [7, 11) is 1.43. The van der Waals surface area contributed by atoms with E-state index in [2.05, 4.69) is 4.98 Å². The number of para-hydroxylation sites is 1. The summed E-state index contributed by atoms with van der Waals surface area (Å²) in [6.07, 6.45) is 3.36. The quantitative estimate of drug-likeness (QED) is 0.273. The van der Waals surface area contributed by atoms with Crippen molar-refractivity contribution in [3.05, 3.63) is 69.3 Å². The van der Waals surface area contributed by atoms with Crippen LogP contribution in [0.4, 0.5) is 0 Å². The van der Waals surface area contributed by atoms with Crippen molar-refractivity contribution in [3.8, 4) is 5.75 Å². The number of carbonyl (C=O) groups is 2. The first kappa shape index (κ1) is 22.2. The average molecular weight is 473 g/mol. The van der Waals surface area contributed by atoms with Crippen LogP contribution in [0.25, 0.3) is 16.7 Å². The van der Waals surface area contributed by atoms with E-state index >= 15 is 0 Å². The predicted octanol–water partition coefficient (Wildman–Crippen LogP) is 5.71. The van der Waals surface area contributed by atoms with Gasteiger partial charge in [0.1, 0.15) is 5.76 Å². The molecule has 6 nitrogen and oxygen atoms in total. The third-order valence-corrected chi connectivity index (χ3v) is 6.25. The second kappa shape index (κ2) is 8.88. The van der Waals surface area contributed by atoms with Crippen molar-refractivity contribution in [3.63, 3.8) is 0 Å². The number of hydrogen-bond donors (Lipinski definition) is 2. The molecular formula is C24H22Cl2N2O4. The number of aliphatic hydroxyl groups excluding tert-OH is 1. The highest BCUT2D eigenvalue weighted by molar-refractivity contribution is 6.47. The summed E-state index contributed by atoms with van der Waals surface area (Å²) >= 11 is 12.5. The van der Waals surface area contributed by atoms with Crippen LogP contribution in [0.15, 0.2) is 48.2 Å². The first-order valence-corrected chi connectivity index (χ1v) is 11.0. The molecule has 8 heteroatoms. The van der Waals surface area contributed by atoms with Gasteiger partial charge >= 0.3 is 0 Å². The number of halogens is 2. The van der Waals surface area contributed by atoms with E-state index in [4.69, 9.17) is 27.9 Å². The number of carbonyl (C=O) groups excluding carboxylic acids is 2. The van der Waals surface area contributed by atoms with E-state index in [0.717, 1.165) is 29.3 Å². The van der Waals surface area contributed by atoms with E-state index < -0.39 is 17.7 Å². The van der Waals surface area contributed by atoms with Crippen LogP contribution in [0.5, 0.6) is 5.75 Å². The van der Waals surface area contributed by atoms with Crippen LogP contribution in [0.2, 0.25) is 10.0 Å². The van der Waals surface area contributed by atoms with E-state index in [-0.39, 0.29) is 32.7 Å². The van der Waals surface area contributed by atoms with E-state index in [1.165, 1.54) is 24.1 Å². The molecule has 1 aromatic heterocycles. The van der Waals surface area contributed by atoms with Gasteiger partial charge in [0, 0.05) is 34.8 Å². The summed E-state index contributed by atoms with van der Waals surface area (Å²) in [6.45, 7) is 2.41. The Kier molecular flexibility index (Phi) is 6.17. The molecule has 2 heterocycles. The minimum absolute atomic E-state index is 0.00755. The van der Waals surface area contributed by atoms with Crippen molar-refractivity contribution in [1.82, 2.24) is 9.88 Å². The SMILES string of the molecule is CCCCN1C(=O)C(=O)/C(=C(/O)c2cc(Cl)c(OC)c(Cl)c2)C1c1c[nH]c2ccccc12. The van der Waals surface area contributed by atoms with Crippen molar-refractivity contribution in [2.24, 2.45) is 0 Å². The number of H-pyrrole nitrogens is 1. The maximum Gasteiger partial charge on any atom is 0.295 e. The second-order valence-corrected chi connectivity index (χ2v) is 8.42. The highest BCUT2D eigenvalue weighted by Crippen LogP contribution is 2.43. The van der Waals surface area contributed by atoms with Crippen molar-refractivity contribution >= 4 is 51.6 Å². The highest BCUT2D eigenvalue weighted by atomic mass is 35.5. The van der Waals surface area contributed by atoms with Gasteiger partial charge in [0.2, 0.25) is 0 Å². The number of rotatable bonds is 6. The zero-order valence-electron chi connectivity index (χ0n) is 17.6. The molecule has 166 valence electrons. The predicted molar refractivity (Wildman–Crippen MR) is 125 cm³/mol. The van der Waals surface area contributed by atoms with Crippen molar-refractivity contribution in [1.29, 1.82) is 0 Å². The number of Topliss-reactive ketones (excluding diaryl/α,β-unsaturated/α-hetero) is 1. The molecule has 1 saturated heterocycles. The molecule has 0 aliphatic carbocycles. The number of aromatic amines is 1.